The van der Waals surface area contributed by atoms with Gasteiger partial charge in [0.2, 0.25) is 0 Å². The Morgan fingerprint density at radius 3 is 2.36 bits per heavy atom. The minimum Gasteiger partial charge on any atom is -0.264 e. The first-order valence-electron chi connectivity index (χ1n) is 4.97. The Labute approximate surface area is 87.3 Å². The van der Waals surface area contributed by atoms with Crippen LogP contribution in [0.15, 0.2) is 53.2 Å². The number of aliphatic imine (C=N–C) groups is 1. The van der Waals surface area contributed by atoms with Gasteiger partial charge >= 0.3 is 0 Å². The Balaban J connectivity index is 0.000000791. The quantitative estimate of drug-likeness (QED) is 0.584. The summed E-state index contributed by atoms with van der Waals surface area (Å²) >= 11 is 0. The number of allylic oxidation sites excluding steroid dienone is 6. The zero-order valence-electron chi connectivity index (χ0n) is 9.33. The van der Waals surface area contributed by atoms with Crippen LogP contribution < -0.4 is 0 Å². The molecule has 0 aromatic heterocycles. The lowest BCUT2D eigenvalue weighted by molar-refractivity contribution is 0.941. The molecular formula is C13H19N. The molecule has 1 aliphatic carbocycles. The van der Waals surface area contributed by atoms with Gasteiger partial charge < -0.3 is 0 Å². The van der Waals surface area contributed by atoms with Crippen molar-refractivity contribution in [1.29, 1.82) is 0 Å². The lowest BCUT2D eigenvalue weighted by atomic mass is 10.1. The van der Waals surface area contributed by atoms with Gasteiger partial charge in [0, 0.05) is 0 Å². The normalized spacial score (nSPS) is 19.5. The first-order valence-corrected chi connectivity index (χ1v) is 4.97. The maximum atomic E-state index is 3.91. The highest BCUT2D eigenvalue weighted by molar-refractivity contribution is 5.45. The van der Waals surface area contributed by atoms with Crippen LogP contribution >= 0.6 is 0 Å². The van der Waals surface area contributed by atoms with Gasteiger partial charge in [0.05, 0.1) is 5.70 Å². The van der Waals surface area contributed by atoms with Gasteiger partial charge in [-0.3, -0.25) is 4.99 Å². The van der Waals surface area contributed by atoms with Crippen LogP contribution in [0.5, 0.6) is 0 Å². The van der Waals surface area contributed by atoms with Crippen molar-refractivity contribution in [2.75, 3.05) is 0 Å². The molecule has 1 aliphatic rings. The van der Waals surface area contributed by atoms with Crippen molar-refractivity contribution in [3.05, 3.63) is 48.2 Å². The highest BCUT2D eigenvalue weighted by Crippen LogP contribution is 2.16. The number of rotatable bonds is 2. The zero-order chi connectivity index (χ0) is 11.0. The van der Waals surface area contributed by atoms with E-state index in [4.69, 9.17) is 0 Å². The van der Waals surface area contributed by atoms with Crippen molar-refractivity contribution in [3.63, 3.8) is 0 Å². The third kappa shape index (κ3) is 3.56. The van der Waals surface area contributed by atoms with Crippen molar-refractivity contribution in [2.24, 2.45) is 10.9 Å². The number of hydrogen-bond donors (Lipinski definition) is 0. The first-order chi connectivity index (χ1) is 6.77. The Morgan fingerprint density at radius 1 is 1.29 bits per heavy atom. The molecule has 14 heavy (non-hydrogen) atoms. The van der Waals surface area contributed by atoms with Crippen molar-refractivity contribution < 1.29 is 0 Å². The Morgan fingerprint density at radius 2 is 1.86 bits per heavy atom. The summed E-state index contributed by atoms with van der Waals surface area (Å²) in [5.41, 5.74) is 1.93. The fraction of sp³-hybridized carbons (Fsp3) is 0.308. The highest BCUT2D eigenvalue weighted by atomic mass is 14.7. The summed E-state index contributed by atoms with van der Waals surface area (Å²) in [4.78, 5) is 3.91. The van der Waals surface area contributed by atoms with E-state index in [9.17, 15) is 0 Å². The molecular weight excluding hydrogens is 170 g/mol. The number of nitrogens with zero attached hydrogens (tertiary/aromatic N) is 1. The van der Waals surface area contributed by atoms with Gasteiger partial charge in [-0.15, -0.1) is 0 Å². The van der Waals surface area contributed by atoms with Crippen molar-refractivity contribution in [3.8, 4) is 0 Å². The van der Waals surface area contributed by atoms with Gasteiger partial charge in [-0.25, -0.2) is 0 Å². The van der Waals surface area contributed by atoms with Gasteiger partial charge in [0.1, 0.15) is 0 Å². The molecule has 0 bridgehead atoms. The summed E-state index contributed by atoms with van der Waals surface area (Å²) < 4.78 is 0. The van der Waals surface area contributed by atoms with E-state index in [1.807, 2.05) is 26.0 Å². The van der Waals surface area contributed by atoms with Crippen LogP contribution in [0.2, 0.25) is 0 Å². The fourth-order valence-corrected chi connectivity index (χ4v) is 1.06. The molecule has 0 saturated carbocycles. The molecule has 0 radical (unpaired) electrons. The number of hydrogen-bond acceptors (Lipinski definition) is 1. The molecule has 0 aromatic rings. The Bertz CT molecular complexity index is 252. The lowest BCUT2D eigenvalue weighted by Crippen LogP contribution is -1.78. The van der Waals surface area contributed by atoms with Crippen molar-refractivity contribution >= 4 is 6.72 Å². The van der Waals surface area contributed by atoms with Gasteiger partial charge in [0.25, 0.3) is 0 Å². The summed E-state index contributed by atoms with van der Waals surface area (Å²) in [6.07, 6.45) is 10.0. The second kappa shape index (κ2) is 7.07. The smallest absolute Gasteiger partial charge is 0.0691 e. The van der Waals surface area contributed by atoms with Crippen LogP contribution in [0.3, 0.4) is 0 Å². The first kappa shape index (κ1) is 12.6. The summed E-state index contributed by atoms with van der Waals surface area (Å²) in [6.45, 7) is 13.4. The second-order valence-electron chi connectivity index (χ2n) is 2.78. The van der Waals surface area contributed by atoms with Crippen LogP contribution in [0.1, 0.15) is 20.8 Å². The summed E-state index contributed by atoms with van der Waals surface area (Å²) in [5.74, 6) is 0.458. The molecule has 0 spiro atoms. The third-order valence-corrected chi connectivity index (χ3v) is 1.82. The standard InChI is InChI=1S/C11H13N.C2H6/c1-4-10-7-5-9(2)6-8-11(10)12-3;1-2/h4-9H,1,3H2,2H3;1-2H3. The van der Waals surface area contributed by atoms with Crippen LogP contribution in [0.4, 0.5) is 0 Å². The average molecular weight is 189 g/mol. The molecule has 1 heteroatoms. The van der Waals surface area contributed by atoms with Gasteiger partial charge in [-0.05, 0) is 24.3 Å². The van der Waals surface area contributed by atoms with E-state index in [-0.39, 0.29) is 0 Å². The highest BCUT2D eigenvalue weighted by Gasteiger charge is 2.00. The van der Waals surface area contributed by atoms with Crippen LogP contribution in [0, 0.1) is 5.92 Å². The molecule has 0 aromatic carbocycles. The van der Waals surface area contributed by atoms with Crippen molar-refractivity contribution in [2.45, 2.75) is 20.8 Å². The maximum absolute atomic E-state index is 3.91. The van der Waals surface area contributed by atoms with Gasteiger partial charge in [-0.1, -0.05) is 51.7 Å². The largest absolute Gasteiger partial charge is 0.264 e. The van der Waals surface area contributed by atoms with E-state index in [0.29, 0.717) is 5.92 Å². The fourth-order valence-electron chi connectivity index (χ4n) is 1.06. The topological polar surface area (TPSA) is 12.4 Å². The maximum Gasteiger partial charge on any atom is 0.0691 e. The molecule has 0 fully saturated rings. The summed E-state index contributed by atoms with van der Waals surface area (Å²) in [5, 5.41) is 0. The van der Waals surface area contributed by atoms with E-state index in [2.05, 4.69) is 37.4 Å². The molecule has 1 nitrogen and oxygen atoms in total. The average Bonchev–Trinajstić information content (AvgIpc) is 2.42. The van der Waals surface area contributed by atoms with Gasteiger partial charge in [0.15, 0.2) is 0 Å². The predicted molar refractivity (Wildman–Crippen MR) is 65.6 cm³/mol. The van der Waals surface area contributed by atoms with E-state index < -0.39 is 0 Å². The molecule has 0 N–H and O–H groups in total. The minimum absolute atomic E-state index is 0.458. The molecule has 0 saturated heterocycles. The summed E-state index contributed by atoms with van der Waals surface area (Å²) in [7, 11) is 0. The molecule has 1 atom stereocenters. The predicted octanol–water partition coefficient (Wildman–Crippen LogP) is 3.92. The molecule has 76 valence electrons. The van der Waals surface area contributed by atoms with E-state index in [1.165, 1.54) is 0 Å². The third-order valence-electron chi connectivity index (χ3n) is 1.82. The van der Waals surface area contributed by atoms with E-state index in [1.54, 1.807) is 6.08 Å². The Kier molecular flexibility index (Phi) is 6.38. The SMILES string of the molecule is C=CC1=C(N=C)C=CC(C)C=C1.CC. The zero-order valence-corrected chi connectivity index (χ0v) is 9.33. The van der Waals surface area contributed by atoms with E-state index in [0.717, 1.165) is 11.3 Å². The van der Waals surface area contributed by atoms with Crippen LogP contribution in [-0.4, -0.2) is 6.72 Å². The molecule has 0 amide bonds. The van der Waals surface area contributed by atoms with Crippen molar-refractivity contribution in [1.82, 2.24) is 0 Å². The molecule has 1 unspecified atom stereocenters. The second-order valence-corrected chi connectivity index (χ2v) is 2.78. The summed E-state index contributed by atoms with van der Waals surface area (Å²) in [6, 6.07) is 0. The molecule has 0 aliphatic heterocycles. The minimum atomic E-state index is 0.458. The Hall–Kier alpha value is -1.37. The lowest BCUT2D eigenvalue weighted by Gasteiger charge is -1.95. The molecule has 0 heterocycles. The van der Waals surface area contributed by atoms with Crippen LogP contribution in [0.25, 0.3) is 0 Å². The van der Waals surface area contributed by atoms with E-state index >= 15 is 0 Å². The monoisotopic (exact) mass is 189 g/mol. The van der Waals surface area contributed by atoms with Crippen LogP contribution in [-0.2, 0) is 0 Å². The van der Waals surface area contributed by atoms with Gasteiger partial charge in [-0.2, -0.15) is 0 Å². The molecule has 1 rings (SSSR count).